The van der Waals surface area contributed by atoms with Gasteiger partial charge in [0.2, 0.25) is 17.7 Å². The van der Waals surface area contributed by atoms with Crippen molar-refractivity contribution < 1.29 is 42.9 Å². The molecule has 414 valence electrons. The summed E-state index contributed by atoms with van der Waals surface area (Å²) >= 11 is 1.53. The van der Waals surface area contributed by atoms with E-state index in [4.69, 9.17) is 33.9 Å². The normalized spacial score (nSPS) is 19.4. The molecule has 4 aliphatic rings. The van der Waals surface area contributed by atoms with Gasteiger partial charge in [-0.15, -0.1) is 21.5 Å². The minimum absolute atomic E-state index is 0.0363. The van der Waals surface area contributed by atoms with Crippen molar-refractivity contribution in [3.8, 4) is 39.3 Å². The number of carbonyl (C=O) groups is 2. The molecule has 10 rings (SSSR count). The number of aromatic nitrogens is 6. The summed E-state index contributed by atoms with van der Waals surface area (Å²) in [5.74, 6) is 0.649. The number of aryl methyl sites for hydroxylation is 1. The van der Waals surface area contributed by atoms with Crippen molar-refractivity contribution in [2.75, 3.05) is 121 Å². The van der Waals surface area contributed by atoms with Crippen LogP contribution >= 0.6 is 11.3 Å². The second-order valence-electron chi connectivity index (χ2n) is 20.7. The van der Waals surface area contributed by atoms with Crippen molar-refractivity contribution in [1.82, 2.24) is 50.3 Å². The fraction of sp³-hybridized carbons (Fsp3) is 0.491. The van der Waals surface area contributed by atoms with Gasteiger partial charge in [0.25, 0.3) is 5.88 Å². The molecule has 6 aromatic rings. The topological polar surface area (TPSA) is 245 Å². The number of nitrogens with two attached hydrogens (primary N) is 1. The molecule has 23 heteroatoms. The number of hydrogen-bond acceptors (Lipinski definition) is 21. The summed E-state index contributed by atoms with van der Waals surface area (Å²) in [4.78, 5) is 53.4. The molecular formula is C55H69N13O9S. The van der Waals surface area contributed by atoms with Crippen LogP contribution in [0.4, 0.5) is 17.2 Å². The van der Waals surface area contributed by atoms with E-state index in [0.29, 0.717) is 80.8 Å². The molecule has 5 aromatic heterocycles. The summed E-state index contributed by atoms with van der Waals surface area (Å²) in [5, 5.41) is 26.7. The molecule has 78 heavy (non-hydrogen) atoms. The van der Waals surface area contributed by atoms with Crippen molar-refractivity contribution >= 4 is 40.3 Å². The van der Waals surface area contributed by atoms with E-state index in [1.807, 2.05) is 82.3 Å². The van der Waals surface area contributed by atoms with Gasteiger partial charge in [0.05, 0.1) is 58.5 Å². The number of amides is 2. The van der Waals surface area contributed by atoms with E-state index in [1.54, 1.807) is 31.1 Å². The van der Waals surface area contributed by atoms with Crippen molar-refractivity contribution in [3.05, 3.63) is 95.6 Å². The van der Waals surface area contributed by atoms with Gasteiger partial charge in [0.15, 0.2) is 18.4 Å². The number of ether oxygens (including phenoxy) is 5. The minimum Gasteiger partial charge on any atom is -0.476 e. The average molecular weight is 1090 g/mol. The van der Waals surface area contributed by atoms with Crippen molar-refractivity contribution in [2.24, 2.45) is 5.92 Å². The van der Waals surface area contributed by atoms with Gasteiger partial charge in [0, 0.05) is 115 Å². The molecule has 0 saturated carbocycles. The number of carbonyl (C=O) groups excluding carboxylic acids is 2. The number of anilines is 3. The predicted molar refractivity (Wildman–Crippen MR) is 292 cm³/mol. The van der Waals surface area contributed by atoms with E-state index in [-0.39, 0.29) is 49.1 Å². The van der Waals surface area contributed by atoms with Crippen LogP contribution in [0.2, 0.25) is 0 Å². The summed E-state index contributed by atoms with van der Waals surface area (Å²) < 4.78 is 34.9. The van der Waals surface area contributed by atoms with Crippen LogP contribution in [0.1, 0.15) is 56.2 Å². The highest BCUT2D eigenvalue weighted by atomic mass is 32.1. The first kappa shape index (κ1) is 54.3. The van der Waals surface area contributed by atoms with E-state index in [1.165, 1.54) is 16.2 Å². The number of hydrogen-bond donors (Lipinski definition) is 3. The number of likely N-dealkylation sites (tertiary alicyclic amines) is 1. The van der Waals surface area contributed by atoms with Gasteiger partial charge >= 0.3 is 0 Å². The monoisotopic (exact) mass is 1090 g/mol. The summed E-state index contributed by atoms with van der Waals surface area (Å²) in [6.45, 7) is 16.9. The number of β-amino-alcohol motifs (C(OH)–C–C–N with tert-alkyl or cyclic N) is 1. The molecule has 0 radical (unpaired) electrons. The number of para-hydroxylation sites is 1. The van der Waals surface area contributed by atoms with E-state index in [9.17, 15) is 14.7 Å². The van der Waals surface area contributed by atoms with Gasteiger partial charge in [-0.1, -0.05) is 32.0 Å². The number of thiazole rings is 1. The fourth-order valence-electron chi connectivity index (χ4n) is 10.8. The maximum atomic E-state index is 14.3. The van der Waals surface area contributed by atoms with Crippen molar-refractivity contribution in [3.63, 3.8) is 0 Å². The molecular weight excluding hydrogens is 1020 g/mol. The Hall–Kier alpha value is -7.02. The number of methoxy groups -OCH3 is 1. The van der Waals surface area contributed by atoms with E-state index in [2.05, 4.69) is 55.2 Å². The number of pyridine rings is 2. The average Bonchev–Trinajstić information content (AvgIpc) is 4.34. The first-order chi connectivity index (χ1) is 37.9. The number of nitrogen functional groups attached to an aromatic ring is 1. The summed E-state index contributed by atoms with van der Waals surface area (Å²) in [6.07, 6.45) is 2.83. The number of benzene rings is 1. The summed E-state index contributed by atoms with van der Waals surface area (Å²) in [6, 6.07) is 18.0. The molecule has 0 aliphatic carbocycles. The molecule has 0 bridgehead atoms. The molecule has 4 fully saturated rings. The minimum atomic E-state index is -0.855. The standard InChI is InChI=1S/C55H69N13O9S/c1-35(2)50(54(71)67-29-40(69)25-45(67)53(70)60-36(3)38-10-11-42(58-28-38)51-37(4)59-33-78-51)47-27-49(63-77-47)75-23-21-65-16-14-64(15-17-65)20-22-74-48-24-39(12-13-57-48)68-19-18-66(30-55(68)31-73-32-55)44-26-43(61-62-52(44)56)41-8-6-7-9-46(41)76-34-72-5/h6-13,24,26-28,33,35-36,40,45,50,69H,14-23,25,29-32,34H2,1-5H3,(H2,56,62)(H,60,70)/t36-,40+,45-,50?/m0/s1. The van der Waals surface area contributed by atoms with Gasteiger partial charge in [0.1, 0.15) is 36.5 Å². The van der Waals surface area contributed by atoms with Crippen LogP contribution in [0.25, 0.3) is 21.8 Å². The van der Waals surface area contributed by atoms with Crippen LogP contribution in [0.15, 0.2) is 83.1 Å². The Balaban J connectivity index is 0.662. The van der Waals surface area contributed by atoms with Crippen LogP contribution in [0.5, 0.6) is 17.5 Å². The third-order valence-electron chi connectivity index (χ3n) is 15.1. The van der Waals surface area contributed by atoms with Crippen LogP contribution in [0, 0.1) is 12.8 Å². The van der Waals surface area contributed by atoms with Gasteiger partial charge in [-0.2, -0.15) is 0 Å². The lowest BCUT2D eigenvalue weighted by atomic mass is 9.90. The zero-order chi connectivity index (χ0) is 54.3. The van der Waals surface area contributed by atoms with Gasteiger partial charge in [-0.05, 0) is 60.8 Å². The number of aliphatic hydroxyl groups is 1. The molecule has 22 nitrogen and oxygen atoms in total. The number of nitrogens with zero attached hydrogens (tertiary/aromatic N) is 11. The Labute approximate surface area is 457 Å². The number of aliphatic hydroxyl groups excluding tert-OH is 1. The Morgan fingerprint density at radius 2 is 1.67 bits per heavy atom. The molecule has 4 aliphatic heterocycles. The van der Waals surface area contributed by atoms with Crippen molar-refractivity contribution in [2.45, 2.75) is 63.8 Å². The lowest BCUT2D eigenvalue weighted by molar-refractivity contribution is -0.141. The maximum absolute atomic E-state index is 14.3. The lowest BCUT2D eigenvalue weighted by Crippen LogP contribution is -2.72. The van der Waals surface area contributed by atoms with Crippen LogP contribution < -0.4 is 35.1 Å². The lowest BCUT2D eigenvalue weighted by Gasteiger charge is -2.56. The van der Waals surface area contributed by atoms with Gasteiger partial charge < -0.3 is 59.1 Å². The first-order valence-electron chi connectivity index (χ1n) is 26.6. The van der Waals surface area contributed by atoms with E-state index in [0.717, 1.165) is 78.0 Å². The van der Waals surface area contributed by atoms with Gasteiger partial charge in [-0.3, -0.25) is 24.4 Å². The van der Waals surface area contributed by atoms with Crippen LogP contribution in [-0.4, -0.2) is 185 Å². The molecule has 1 spiro atoms. The SMILES string of the molecule is COCOc1ccccc1-c1cc(N2CCN(c3ccnc(OCCN4CCN(CCOc5cc(C(C(=O)N6C[C@H](O)C[C@H]6C(=O)N[C@@H](C)c6ccc(-c7scnc7C)nc6)C(C)C)on5)CC4)c3)C3(COC3)C2)c(N)nn1. The molecule has 9 heterocycles. The highest BCUT2D eigenvalue weighted by Gasteiger charge is 2.49. The maximum Gasteiger partial charge on any atom is 0.254 e. The highest BCUT2D eigenvalue weighted by molar-refractivity contribution is 7.13. The zero-order valence-corrected chi connectivity index (χ0v) is 45.6. The fourth-order valence-corrected chi connectivity index (χ4v) is 11.5. The summed E-state index contributed by atoms with van der Waals surface area (Å²) in [5.41, 5.74) is 13.9. The smallest absolute Gasteiger partial charge is 0.254 e. The third-order valence-corrected chi connectivity index (χ3v) is 16.0. The quantitative estimate of drug-likeness (QED) is 0.0829. The summed E-state index contributed by atoms with van der Waals surface area (Å²) in [7, 11) is 1.58. The number of nitrogens with one attached hydrogen (secondary N) is 1. The predicted octanol–water partition coefficient (Wildman–Crippen LogP) is 4.67. The molecule has 4 N–H and O–H groups in total. The first-order valence-corrected chi connectivity index (χ1v) is 27.5. The largest absolute Gasteiger partial charge is 0.476 e. The molecule has 4 saturated heterocycles. The van der Waals surface area contributed by atoms with Crippen LogP contribution in [0.3, 0.4) is 0 Å². The molecule has 1 unspecified atom stereocenters. The van der Waals surface area contributed by atoms with E-state index >= 15 is 0 Å². The van der Waals surface area contributed by atoms with Crippen LogP contribution in [-0.2, 0) is 19.1 Å². The Kier molecular flexibility index (Phi) is 17.0. The Morgan fingerprint density at radius 1 is 0.897 bits per heavy atom. The van der Waals surface area contributed by atoms with Gasteiger partial charge in [-0.25, -0.2) is 9.97 Å². The molecule has 4 atom stereocenters. The number of rotatable bonds is 21. The highest BCUT2D eigenvalue weighted by Crippen LogP contribution is 2.40. The second kappa shape index (κ2) is 24.3. The van der Waals surface area contributed by atoms with E-state index < -0.39 is 18.1 Å². The third kappa shape index (κ3) is 12.1. The second-order valence-corrected chi connectivity index (χ2v) is 21.6. The Bertz CT molecular complexity index is 2990. The Morgan fingerprint density at radius 3 is 2.36 bits per heavy atom. The molecule has 1 aromatic carbocycles. The number of piperazine rings is 2. The zero-order valence-electron chi connectivity index (χ0n) is 44.8. The molecule has 2 amide bonds. The van der Waals surface area contributed by atoms with Crippen molar-refractivity contribution in [1.29, 1.82) is 0 Å².